The number of hydrogen-bond acceptors (Lipinski definition) is 3. The predicted molar refractivity (Wildman–Crippen MR) is 99.3 cm³/mol. The molecular weight excluding hydrogens is 383 g/mol. The highest BCUT2D eigenvalue weighted by atomic mass is 19.4. The van der Waals surface area contributed by atoms with Crippen LogP contribution in [0.4, 0.5) is 18.0 Å². The van der Waals surface area contributed by atoms with Crippen molar-refractivity contribution in [2.24, 2.45) is 0 Å². The van der Waals surface area contributed by atoms with E-state index in [0.29, 0.717) is 11.5 Å². The van der Waals surface area contributed by atoms with Gasteiger partial charge in [-0.05, 0) is 35.7 Å². The number of pyridine rings is 1. The Labute approximate surface area is 164 Å². The van der Waals surface area contributed by atoms with E-state index < -0.39 is 11.9 Å². The summed E-state index contributed by atoms with van der Waals surface area (Å²) < 4.78 is 39.2. The van der Waals surface area contributed by atoms with Crippen LogP contribution >= 0.6 is 0 Å². The van der Waals surface area contributed by atoms with E-state index in [4.69, 9.17) is 0 Å². The first-order chi connectivity index (χ1) is 13.9. The van der Waals surface area contributed by atoms with Crippen molar-refractivity contribution in [2.75, 3.05) is 0 Å². The van der Waals surface area contributed by atoms with E-state index in [1.807, 2.05) is 30.3 Å². The standard InChI is InChI=1S/C20H18F3N5O/c21-20(22,23)17-7-9-28(27-17)18-10-13(6-8-24-18)12-25-19(29)26-16-11-15(16)14-4-2-1-3-5-14/h1-10,15-16H,11-12H2,(H2,25,26,29)/t15-,16+/m0/s1. The van der Waals surface area contributed by atoms with Crippen molar-refractivity contribution in [1.82, 2.24) is 25.4 Å². The van der Waals surface area contributed by atoms with E-state index in [1.165, 1.54) is 18.0 Å². The van der Waals surface area contributed by atoms with Crippen LogP contribution in [-0.4, -0.2) is 26.8 Å². The van der Waals surface area contributed by atoms with Gasteiger partial charge in [-0.15, -0.1) is 0 Å². The van der Waals surface area contributed by atoms with E-state index in [-0.39, 0.29) is 24.4 Å². The molecular formula is C20H18F3N5O. The Bertz CT molecular complexity index is 1000. The number of carbonyl (C=O) groups excluding carboxylic acids is 1. The van der Waals surface area contributed by atoms with Gasteiger partial charge in [0.15, 0.2) is 11.5 Å². The second-order valence-corrected chi connectivity index (χ2v) is 6.85. The Balaban J connectivity index is 1.32. The van der Waals surface area contributed by atoms with Gasteiger partial charge >= 0.3 is 12.2 Å². The number of nitrogens with one attached hydrogen (secondary N) is 2. The second-order valence-electron chi connectivity index (χ2n) is 6.85. The van der Waals surface area contributed by atoms with Crippen molar-refractivity contribution in [2.45, 2.75) is 31.1 Å². The van der Waals surface area contributed by atoms with Gasteiger partial charge in [0.25, 0.3) is 0 Å². The fraction of sp³-hybridized carbons (Fsp3) is 0.250. The molecule has 1 aromatic carbocycles. The van der Waals surface area contributed by atoms with Gasteiger partial charge < -0.3 is 10.6 Å². The minimum absolute atomic E-state index is 0.107. The van der Waals surface area contributed by atoms with Gasteiger partial charge in [-0.2, -0.15) is 18.3 Å². The third-order valence-electron chi connectivity index (χ3n) is 4.71. The third-order valence-corrected chi connectivity index (χ3v) is 4.71. The molecule has 1 aliphatic carbocycles. The van der Waals surface area contributed by atoms with E-state index >= 15 is 0 Å². The molecule has 2 aromatic heterocycles. The van der Waals surface area contributed by atoms with Crippen LogP contribution in [0.5, 0.6) is 0 Å². The van der Waals surface area contributed by atoms with Gasteiger partial charge in [0.1, 0.15) is 0 Å². The summed E-state index contributed by atoms with van der Waals surface area (Å²) in [7, 11) is 0. The van der Waals surface area contributed by atoms with Crippen LogP contribution in [0.2, 0.25) is 0 Å². The number of urea groups is 1. The van der Waals surface area contributed by atoms with Crippen molar-refractivity contribution < 1.29 is 18.0 Å². The first-order valence-corrected chi connectivity index (χ1v) is 9.07. The maximum atomic E-state index is 12.7. The highest BCUT2D eigenvalue weighted by Gasteiger charge is 2.39. The third kappa shape index (κ3) is 4.56. The molecule has 29 heavy (non-hydrogen) atoms. The highest BCUT2D eigenvalue weighted by molar-refractivity contribution is 5.75. The van der Waals surface area contributed by atoms with Crippen LogP contribution < -0.4 is 10.6 Å². The summed E-state index contributed by atoms with van der Waals surface area (Å²) >= 11 is 0. The fourth-order valence-corrected chi connectivity index (χ4v) is 3.12. The molecule has 0 bridgehead atoms. The molecule has 2 heterocycles. The molecule has 0 unspecified atom stereocenters. The molecule has 0 radical (unpaired) electrons. The van der Waals surface area contributed by atoms with Gasteiger partial charge in [-0.1, -0.05) is 30.3 Å². The molecule has 0 spiro atoms. The lowest BCUT2D eigenvalue weighted by Gasteiger charge is -2.09. The summed E-state index contributed by atoms with van der Waals surface area (Å²) in [6.45, 7) is 0.220. The lowest BCUT2D eigenvalue weighted by Crippen LogP contribution is -2.36. The summed E-state index contributed by atoms with van der Waals surface area (Å²) in [6, 6.07) is 14.0. The molecule has 2 N–H and O–H groups in total. The van der Waals surface area contributed by atoms with Crippen LogP contribution in [0.1, 0.15) is 29.2 Å². The average Bonchev–Trinajstić information content (AvgIpc) is 3.26. The molecule has 6 nitrogen and oxygen atoms in total. The van der Waals surface area contributed by atoms with E-state index in [1.54, 1.807) is 12.1 Å². The Kier molecular flexibility index (Phi) is 4.96. The number of hydrogen-bond donors (Lipinski definition) is 2. The number of nitrogens with zero attached hydrogens (tertiary/aromatic N) is 3. The summed E-state index contributed by atoms with van der Waals surface area (Å²) in [5, 5.41) is 9.20. The Morgan fingerprint density at radius 3 is 2.69 bits per heavy atom. The average molecular weight is 401 g/mol. The van der Waals surface area contributed by atoms with Gasteiger partial charge in [-0.3, -0.25) is 0 Å². The van der Waals surface area contributed by atoms with Crippen molar-refractivity contribution in [3.05, 3.63) is 77.7 Å². The SMILES string of the molecule is O=C(NCc1ccnc(-n2ccc(C(F)(F)F)n2)c1)N[C@@H]1C[C@H]1c1ccccc1. The molecule has 4 rings (SSSR count). The van der Waals surface area contributed by atoms with Crippen molar-refractivity contribution in [3.63, 3.8) is 0 Å². The van der Waals surface area contributed by atoms with Crippen LogP contribution in [0.15, 0.2) is 60.9 Å². The summed E-state index contributed by atoms with van der Waals surface area (Å²) in [5.74, 6) is 0.573. The molecule has 1 saturated carbocycles. The second kappa shape index (κ2) is 7.57. The maximum Gasteiger partial charge on any atom is 0.435 e. The molecule has 150 valence electrons. The largest absolute Gasteiger partial charge is 0.435 e. The number of amides is 2. The topological polar surface area (TPSA) is 71.8 Å². The zero-order chi connectivity index (χ0) is 20.4. The van der Waals surface area contributed by atoms with Crippen LogP contribution in [0.3, 0.4) is 0 Å². The monoisotopic (exact) mass is 401 g/mol. The van der Waals surface area contributed by atoms with Gasteiger partial charge in [-0.25, -0.2) is 14.5 Å². The van der Waals surface area contributed by atoms with Gasteiger partial charge in [0.2, 0.25) is 0 Å². The van der Waals surface area contributed by atoms with Gasteiger partial charge in [0.05, 0.1) is 0 Å². The van der Waals surface area contributed by atoms with Crippen LogP contribution in [-0.2, 0) is 12.7 Å². The molecule has 9 heteroatoms. The van der Waals surface area contributed by atoms with E-state index in [0.717, 1.165) is 17.2 Å². The molecule has 1 aliphatic rings. The summed E-state index contributed by atoms with van der Waals surface area (Å²) in [6.07, 6.45) is -0.946. The number of halogens is 3. The minimum Gasteiger partial charge on any atom is -0.335 e. The van der Waals surface area contributed by atoms with E-state index in [9.17, 15) is 18.0 Å². The van der Waals surface area contributed by atoms with Crippen molar-refractivity contribution >= 4 is 6.03 Å². The molecule has 3 aromatic rings. The molecule has 1 fully saturated rings. The number of carbonyl (C=O) groups is 1. The number of rotatable bonds is 5. The van der Waals surface area contributed by atoms with Crippen LogP contribution in [0, 0.1) is 0 Å². The molecule has 0 saturated heterocycles. The quantitative estimate of drug-likeness (QED) is 0.686. The fourth-order valence-electron chi connectivity index (χ4n) is 3.12. The first kappa shape index (κ1) is 19.0. The minimum atomic E-state index is -4.51. The summed E-state index contributed by atoms with van der Waals surface area (Å²) in [4.78, 5) is 16.2. The van der Waals surface area contributed by atoms with Crippen molar-refractivity contribution in [3.8, 4) is 5.82 Å². The Morgan fingerprint density at radius 2 is 1.97 bits per heavy atom. The Morgan fingerprint density at radius 1 is 1.17 bits per heavy atom. The predicted octanol–water partition coefficient (Wildman–Crippen LogP) is 3.64. The molecule has 2 amide bonds. The zero-order valence-corrected chi connectivity index (χ0v) is 15.2. The highest BCUT2D eigenvalue weighted by Crippen LogP contribution is 2.40. The lowest BCUT2D eigenvalue weighted by atomic mass is 10.1. The number of benzene rings is 1. The maximum absolute atomic E-state index is 12.7. The molecule has 0 aliphatic heterocycles. The van der Waals surface area contributed by atoms with Crippen molar-refractivity contribution in [1.29, 1.82) is 0 Å². The van der Waals surface area contributed by atoms with Crippen LogP contribution in [0.25, 0.3) is 5.82 Å². The van der Waals surface area contributed by atoms with Gasteiger partial charge in [0, 0.05) is 30.9 Å². The summed E-state index contributed by atoms with van der Waals surface area (Å²) in [5.41, 5.74) is 0.915. The normalized spacial score (nSPS) is 18.3. The number of alkyl halides is 3. The smallest absolute Gasteiger partial charge is 0.335 e. The molecule has 2 atom stereocenters. The first-order valence-electron chi connectivity index (χ1n) is 9.07. The zero-order valence-electron chi connectivity index (χ0n) is 15.2. The lowest BCUT2D eigenvalue weighted by molar-refractivity contribution is -0.141. The Hall–Kier alpha value is -3.36. The van der Waals surface area contributed by atoms with E-state index in [2.05, 4.69) is 20.7 Å². The number of aromatic nitrogens is 3.